The van der Waals surface area contributed by atoms with Gasteiger partial charge in [0.15, 0.2) is 0 Å². The second kappa shape index (κ2) is 3.53. The molecule has 1 radical (unpaired) electrons. The van der Waals surface area contributed by atoms with Crippen LogP contribution in [0.5, 0.6) is 0 Å². The Labute approximate surface area is 31.4 Å². The molecular formula is C2H4BO2. The Morgan fingerprint density at radius 2 is 2.60 bits per heavy atom. The maximum absolute atomic E-state index is 9.15. The molecule has 27 valence electrons. The summed E-state index contributed by atoms with van der Waals surface area (Å²) >= 11 is 0. The fourth-order valence-corrected chi connectivity index (χ4v) is 0.0556. The standard InChI is InChI=1S/C2H4BO2/c1-3-5-2-4/h2H,1H3. The van der Waals surface area contributed by atoms with E-state index in [1.54, 1.807) is 6.82 Å². The molecule has 0 saturated carbocycles. The molecule has 0 amide bonds. The molecule has 2 nitrogen and oxygen atoms in total. The predicted molar refractivity (Wildman–Crippen MR) is 18.8 cm³/mol. The van der Waals surface area contributed by atoms with Crippen LogP contribution in [0.1, 0.15) is 0 Å². The smallest absolute Gasteiger partial charge is 0.370 e. The zero-order valence-corrected chi connectivity index (χ0v) is 2.97. The Morgan fingerprint density at radius 3 is 2.60 bits per heavy atom. The third-order valence-corrected chi connectivity index (χ3v) is 0.192. The minimum Gasteiger partial charge on any atom is -0.541 e. The lowest BCUT2D eigenvalue weighted by molar-refractivity contribution is -0.120. The molecule has 0 aliphatic heterocycles. The molecule has 5 heavy (non-hydrogen) atoms. The first-order valence-corrected chi connectivity index (χ1v) is 1.28. The lowest BCUT2D eigenvalue weighted by atomic mass is 10.1. The van der Waals surface area contributed by atoms with Crippen LogP contribution in [-0.4, -0.2) is 14.0 Å². The zero-order chi connectivity index (χ0) is 4.12. The predicted octanol–water partition coefficient (Wildman–Crippen LogP) is -0.173. The van der Waals surface area contributed by atoms with Gasteiger partial charge in [0, 0.05) is 0 Å². The van der Waals surface area contributed by atoms with Crippen LogP contribution in [0.25, 0.3) is 0 Å². The fourth-order valence-electron chi connectivity index (χ4n) is 0.0556. The summed E-state index contributed by atoms with van der Waals surface area (Å²) in [6.07, 6.45) is 0. The molecule has 0 saturated heterocycles. The molecule has 0 fully saturated rings. The third kappa shape index (κ3) is 3.53. The lowest BCUT2D eigenvalue weighted by Gasteiger charge is -1.77. The van der Waals surface area contributed by atoms with E-state index in [4.69, 9.17) is 4.79 Å². The largest absolute Gasteiger partial charge is 0.541 e. The van der Waals surface area contributed by atoms with Gasteiger partial charge in [-0.2, -0.15) is 0 Å². The van der Waals surface area contributed by atoms with Crippen molar-refractivity contribution in [3.05, 3.63) is 0 Å². The molecule has 0 aliphatic rings. The van der Waals surface area contributed by atoms with Crippen LogP contribution < -0.4 is 0 Å². The molecule has 0 N–H and O–H groups in total. The van der Waals surface area contributed by atoms with Crippen molar-refractivity contribution in [1.29, 1.82) is 0 Å². The van der Waals surface area contributed by atoms with Crippen LogP contribution in [0.15, 0.2) is 0 Å². The summed E-state index contributed by atoms with van der Waals surface area (Å²) in [4.78, 5) is 9.15. The summed E-state index contributed by atoms with van der Waals surface area (Å²) in [5, 5.41) is 0. The van der Waals surface area contributed by atoms with Gasteiger partial charge in [0.1, 0.15) is 0 Å². The second-order valence-corrected chi connectivity index (χ2v) is 0.468. The quantitative estimate of drug-likeness (QED) is 0.333. The molecule has 0 unspecified atom stereocenters. The van der Waals surface area contributed by atoms with Crippen LogP contribution in [0.4, 0.5) is 0 Å². The Morgan fingerprint density at radius 1 is 2.00 bits per heavy atom. The van der Waals surface area contributed by atoms with Gasteiger partial charge in [-0.3, -0.25) is 4.79 Å². The molecule has 0 spiro atoms. The second-order valence-electron chi connectivity index (χ2n) is 0.468. The monoisotopic (exact) mass is 71.0 g/mol. The molecule has 0 aromatic heterocycles. The fraction of sp³-hybridized carbons (Fsp3) is 0.500. The highest BCUT2D eigenvalue weighted by atomic mass is 16.5. The van der Waals surface area contributed by atoms with E-state index >= 15 is 0 Å². The van der Waals surface area contributed by atoms with E-state index in [2.05, 4.69) is 4.65 Å². The number of carbonyl (C=O) groups excluding carboxylic acids is 1. The normalized spacial score (nSPS) is 5.80. The van der Waals surface area contributed by atoms with Crippen molar-refractivity contribution in [2.75, 3.05) is 0 Å². The van der Waals surface area contributed by atoms with Crippen LogP contribution in [0, 0.1) is 0 Å². The first kappa shape index (κ1) is 4.53. The number of hydrogen-bond donors (Lipinski definition) is 0. The van der Waals surface area contributed by atoms with Crippen LogP contribution in [-0.2, 0) is 9.45 Å². The molecule has 0 aromatic carbocycles. The van der Waals surface area contributed by atoms with Crippen LogP contribution >= 0.6 is 0 Å². The molecule has 0 atom stereocenters. The van der Waals surface area contributed by atoms with Crippen LogP contribution in [0.2, 0.25) is 6.82 Å². The minimum atomic E-state index is 0.375. The van der Waals surface area contributed by atoms with Gasteiger partial charge in [-0.1, -0.05) is 6.82 Å². The minimum absolute atomic E-state index is 0.375. The summed E-state index contributed by atoms with van der Waals surface area (Å²) < 4.78 is 4.03. The number of carbonyl (C=O) groups is 1. The van der Waals surface area contributed by atoms with Crippen molar-refractivity contribution in [3.63, 3.8) is 0 Å². The molecule has 0 heterocycles. The summed E-state index contributed by atoms with van der Waals surface area (Å²) in [7, 11) is 1.31. The lowest BCUT2D eigenvalue weighted by Crippen LogP contribution is -1.85. The van der Waals surface area contributed by atoms with E-state index in [1.807, 2.05) is 0 Å². The maximum atomic E-state index is 9.15. The van der Waals surface area contributed by atoms with Gasteiger partial charge >= 0.3 is 7.48 Å². The van der Waals surface area contributed by atoms with E-state index in [0.717, 1.165) is 0 Å². The highest BCUT2D eigenvalue weighted by Crippen LogP contribution is 1.51. The number of hydrogen-bond acceptors (Lipinski definition) is 2. The van der Waals surface area contributed by atoms with Gasteiger partial charge < -0.3 is 4.65 Å². The zero-order valence-electron chi connectivity index (χ0n) is 2.97. The molecular weight excluding hydrogens is 66.8 g/mol. The van der Waals surface area contributed by atoms with Crippen molar-refractivity contribution >= 4 is 14.0 Å². The van der Waals surface area contributed by atoms with Crippen molar-refractivity contribution in [2.45, 2.75) is 6.82 Å². The SMILES string of the molecule is C[B]OC=O. The average Bonchev–Trinajstić information content (AvgIpc) is 1.41. The molecule has 0 aliphatic carbocycles. The van der Waals surface area contributed by atoms with E-state index in [1.165, 1.54) is 7.48 Å². The Kier molecular flexibility index (Phi) is 3.21. The molecule has 0 aromatic rings. The van der Waals surface area contributed by atoms with E-state index in [9.17, 15) is 0 Å². The summed E-state index contributed by atoms with van der Waals surface area (Å²) in [5.41, 5.74) is 0. The van der Waals surface area contributed by atoms with Gasteiger partial charge in [-0.15, -0.1) is 0 Å². The highest BCUT2D eigenvalue weighted by molar-refractivity contribution is 6.27. The van der Waals surface area contributed by atoms with Gasteiger partial charge in [-0.05, 0) is 0 Å². The molecule has 3 heteroatoms. The first-order chi connectivity index (χ1) is 2.41. The molecule has 0 bridgehead atoms. The Balaban J connectivity index is 2.40. The summed E-state index contributed by atoms with van der Waals surface area (Å²) in [5.74, 6) is 0. The maximum Gasteiger partial charge on any atom is 0.370 e. The topological polar surface area (TPSA) is 26.3 Å². The van der Waals surface area contributed by atoms with Crippen LogP contribution in [0.3, 0.4) is 0 Å². The van der Waals surface area contributed by atoms with Gasteiger partial charge in [-0.25, -0.2) is 0 Å². The average molecular weight is 70.9 g/mol. The van der Waals surface area contributed by atoms with Crippen molar-refractivity contribution in [1.82, 2.24) is 0 Å². The highest BCUT2D eigenvalue weighted by Gasteiger charge is 1.69. The third-order valence-electron chi connectivity index (χ3n) is 0.192. The summed E-state index contributed by atoms with van der Waals surface area (Å²) in [6, 6.07) is 0. The Hall–Kier alpha value is -0.465. The number of rotatable bonds is 2. The van der Waals surface area contributed by atoms with Gasteiger partial charge in [0.2, 0.25) is 0 Å². The van der Waals surface area contributed by atoms with E-state index in [-0.39, 0.29) is 0 Å². The Bertz CT molecular complexity index is 28.8. The van der Waals surface area contributed by atoms with Gasteiger partial charge in [0.05, 0.1) is 0 Å². The van der Waals surface area contributed by atoms with Crippen molar-refractivity contribution < 1.29 is 9.45 Å². The molecule has 0 rings (SSSR count). The first-order valence-electron chi connectivity index (χ1n) is 1.28. The van der Waals surface area contributed by atoms with E-state index in [0.29, 0.717) is 6.47 Å². The van der Waals surface area contributed by atoms with E-state index < -0.39 is 0 Å². The van der Waals surface area contributed by atoms with Crippen molar-refractivity contribution in [3.8, 4) is 0 Å². The summed E-state index contributed by atoms with van der Waals surface area (Å²) in [6.45, 7) is 2.01. The van der Waals surface area contributed by atoms with Gasteiger partial charge in [0.25, 0.3) is 6.47 Å². The van der Waals surface area contributed by atoms with Crippen molar-refractivity contribution in [2.24, 2.45) is 0 Å².